The Kier molecular flexibility index (Phi) is 7.94. The van der Waals surface area contributed by atoms with E-state index in [1.54, 1.807) is 46.4 Å². The second-order valence-electron chi connectivity index (χ2n) is 9.72. The number of phenolic OH excluding ortho intramolecular Hbond substituents is 1. The highest BCUT2D eigenvalue weighted by Gasteiger charge is 2.51. The van der Waals surface area contributed by atoms with E-state index in [-0.39, 0.29) is 56.7 Å². The monoisotopic (exact) mass is 538 g/mol. The second kappa shape index (κ2) is 11.9. The van der Waals surface area contributed by atoms with Crippen LogP contribution in [0, 0.1) is 12.3 Å². The van der Waals surface area contributed by atoms with Crippen LogP contribution in [0.5, 0.6) is 5.75 Å². The Bertz CT molecular complexity index is 1390. The summed E-state index contributed by atoms with van der Waals surface area (Å²) < 4.78 is 0. The molecule has 3 aromatic rings. The molecule has 1 aromatic heterocycles. The maximum atomic E-state index is 13.9. The molecule has 2 N–H and O–H groups in total. The summed E-state index contributed by atoms with van der Waals surface area (Å²) in [7, 11) is 0. The van der Waals surface area contributed by atoms with Crippen molar-refractivity contribution in [2.75, 3.05) is 19.6 Å². The van der Waals surface area contributed by atoms with Crippen molar-refractivity contribution in [1.82, 2.24) is 30.1 Å². The number of aromatic nitrogens is 1. The largest absolute Gasteiger partial charge is 0.508 e. The van der Waals surface area contributed by atoms with Gasteiger partial charge in [0.25, 0.3) is 0 Å². The van der Waals surface area contributed by atoms with Gasteiger partial charge < -0.3 is 20.2 Å². The molecule has 4 amide bonds. The third-order valence-corrected chi connectivity index (χ3v) is 7.04. The van der Waals surface area contributed by atoms with Gasteiger partial charge in [-0.25, -0.2) is 9.80 Å². The summed E-state index contributed by atoms with van der Waals surface area (Å²) in [5.74, 6) is 2.13. The molecule has 0 bridgehead atoms. The number of nitrogens with zero attached hydrogens (tertiary/aromatic N) is 5. The molecule has 204 valence electrons. The van der Waals surface area contributed by atoms with Crippen molar-refractivity contribution in [3.8, 4) is 18.1 Å². The molecule has 2 saturated heterocycles. The molecular weight excluding hydrogens is 508 g/mol. The molecule has 3 heterocycles. The van der Waals surface area contributed by atoms with E-state index in [9.17, 15) is 19.5 Å². The molecule has 10 heteroatoms. The minimum Gasteiger partial charge on any atom is -0.508 e. The minimum atomic E-state index is -0.864. The number of urea groups is 1. The molecule has 2 aliphatic rings. The second-order valence-corrected chi connectivity index (χ2v) is 9.72. The van der Waals surface area contributed by atoms with E-state index in [2.05, 4.69) is 16.2 Å². The number of carbonyl (C=O) groups excluding carboxylic acids is 3. The Labute approximate surface area is 232 Å². The zero-order chi connectivity index (χ0) is 28.1. The molecule has 2 aromatic carbocycles. The van der Waals surface area contributed by atoms with Crippen LogP contribution in [0.2, 0.25) is 0 Å². The van der Waals surface area contributed by atoms with Crippen LogP contribution in [0.15, 0.2) is 79.0 Å². The summed E-state index contributed by atoms with van der Waals surface area (Å²) >= 11 is 0. The lowest BCUT2D eigenvalue weighted by molar-refractivity contribution is -0.189. The number of pyridine rings is 1. The lowest BCUT2D eigenvalue weighted by Crippen LogP contribution is -2.76. The van der Waals surface area contributed by atoms with Gasteiger partial charge in [-0.2, -0.15) is 5.01 Å². The van der Waals surface area contributed by atoms with Gasteiger partial charge in [0.2, 0.25) is 11.8 Å². The number of carbonyl (C=O) groups is 3. The molecule has 5 rings (SSSR count). The maximum absolute atomic E-state index is 13.9. The fraction of sp³-hybridized carbons (Fsp3) is 0.267. The molecular formula is C30H30N6O4. The zero-order valence-electron chi connectivity index (χ0n) is 21.9. The van der Waals surface area contributed by atoms with Crippen LogP contribution in [-0.4, -0.2) is 79.6 Å². The Morgan fingerprint density at radius 2 is 1.77 bits per heavy atom. The number of hydrogen-bond acceptors (Lipinski definition) is 6. The van der Waals surface area contributed by atoms with Crippen LogP contribution in [-0.2, 0) is 29.1 Å². The molecule has 0 unspecified atom stereocenters. The third-order valence-electron chi connectivity index (χ3n) is 7.04. The van der Waals surface area contributed by atoms with Crippen LogP contribution in [0.3, 0.4) is 0 Å². The number of fused-ring (bicyclic) bond motifs is 1. The average Bonchev–Trinajstić information content (AvgIpc) is 2.96. The van der Waals surface area contributed by atoms with E-state index in [0.717, 1.165) is 11.1 Å². The molecule has 2 atom stereocenters. The van der Waals surface area contributed by atoms with Gasteiger partial charge in [-0.3, -0.25) is 14.6 Å². The van der Waals surface area contributed by atoms with Crippen LogP contribution in [0.1, 0.15) is 16.8 Å². The summed E-state index contributed by atoms with van der Waals surface area (Å²) in [6.07, 6.45) is 6.72. The number of rotatable bonds is 7. The highest BCUT2D eigenvalue weighted by molar-refractivity contribution is 5.91. The third kappa shape index (κ3) is 5.75. The van der Waals surface area contributed by atoms with E-state index in [1.165, 1.54) is 9.91 Å². The van der Waals surface area contributed by atoms with Crippen molar-refractivity contribution in [1.29, 1.82) is 0 Å². The number of amides is 4. The van der Waals surface area contributed by atoms with Crippen molar-refractivity contribution in [2.24, 2.45) is 0 Å². The summed E-state index contributed by atoms with van der Waals surface area (Å²) in [4.78, 5) is 48.7. The Balaban J connectivity index is 1.49. The SMILES string of the molecule is C#CCN1CC(=O)N2[C@@H](Cc3ccc(O)cc3)C(=O)N(Cc3ccccn3)C[C@@H]2N1C(=O)NCc1ccccc1. The predicted molar refractivity (Wildman–Crippen MR) is 147 cm³/mol. The fourth-order valence-corrected chi connectivity index (χ4v) is 5.18. The highest BCUT2D eigenvalue weighted by Crippen LogP contribution is 2.29. The maximum Gasteiger partial charge on any atom is 0.334 e. The number of benzene rings is 2. The van der Waals surface area contributed by atoms with E-state index in [4.69, 9.17) is 6.42 Å². The van der Waals surface area contributed by atoms with Crippen molar-refractivity contribution in [3.63, 3.8) is 0 Å². The van der Waals surface area contributed by atoms with Crippen LogP contribution >= 0.6 is 0 Å². The lowest BCUT2D eigenvalue weighted by atomic mass is 9.98. The summed E-state index contributed by atoms with van der Waals surface area (Å²) in [5.41, 5.74) is 2.38. The van der Waals surface area contributed by atoms with Crippen molar-refractivity contribution in [2.45, 2.75) is 31.7 Å². The molecule has 0 spiro atoms. The first-order valence-electron chi connectivity index (χ1n) is 13.0. The van der Waals surface area contributed by atoms with Crippen LogP contribution in [0.25, 0.3) is 0 Å². The molecule has 10 nitrogen and oxygen atoms in total. The number of phenols is 1. The molecule has 0 saturated carbocycles. The average molecular weight is 539 g/mol. The number of hydrogen-bond donors (Lipinski definition) is 2. The predicted octanol–water partition coefficient (Wildman–Crippen LogP) is 1.97. The van der Waals surface area contributed by atoms with E-state index < -0.39 is 18.2 Å². The first kappa shape index (κ1) is 26.7. The van der Waals surface area contributed by atoms with Gasteiger partial charge in [-0.05, 0) is 35.4 Å². The standard InChI is InChI=1S/C30H30N6O4/c1-2-16-34-21-28(38)35-26(17-22-11-13-25(37)14-12-22)29(39)33(19-24-10-6-7-15-31-24)20-27(35)36(34)30(40)32-18-23-8-4-3-5-9-23/h1,3-15,26-27,37H,16-21H2,(H,32,40)/t26-,27-/m0/s1. The fourth-order valence-electron chi connectivity index (χ4n) is 5.18. The summed E-state index contributed by atoms with van der Waals surface area (Å²) in [5, 5.41) is 15.7. The number of nitrogens with one attached hydrogen (secondary N) is 1. The lowest BCUT2D eigenvalue weighted by Gasteiger charge is -2.54. The van der Waals surface area contributed by atoms with Gasteiger partial charge in [0.05, 0.1) is 31.9 Å². The van der Waals surface area contributed by atoms with Gasteiger partial charge in [0.15, 0.2) is 0 Å². The first-order chi connectivity index (χ1) is 19.4. The van der Waals surface area contributed by atoms with Crippen molar-refractivity contribution >= 4 is 17.8 Å². The van der Waals surface area contributed by atoms with Gasteiger partial charge >= 0.3 is 6.03 Å². The summed E-state index contributed by atoms with van der Waals surface area (Å²) in [6.45, 7) is 0.505. The van der Waals surface area contributed by atoms with E-state index in [0.29, 0.717) is 5.69 Å². The molecule has 0 aliphatic carbocycles. The smallest absolute Gasteiger partial charge is 0.334 e. The van der Waals surface area contributed by atoms with Crippen LogP contribution < -0.4 is 5.32 Å². The quantitative estimate of drug-likeness (QED) is 0.446. The number of terminal acetylenes is 1. The van der Waals surface area contributed by atoms with Gasteiger partial charge in [-0.15, -0.1) is 6.42 Å². The molecule has 40 heavy (non-hydrogen) atoms. The molecule has 0 radical (unpaired) electrons. The van der Waals surface area contributed by atoms with E-state index >= 15 is 0 Å². The topological polar surface area (TPSA) is 109 Å². The Hall–Kier alpha value is -4.88. The minimum absolute atomic E-state index is 0.0473. The number of hydrazine groups is 1. The van der Waals surface area contributed by atoms with Crippen LogP contribution in [0.4, 0.5) is 4.79 Å². The number of piperazine rings is 1. The zero-order valence-corrected chi connectivity index (χ0v) is 21.9. The Morgan fingerprint density at radius 3 is 2.48 bits per heavy atom. The number of aromatic hydroxyl groups is 1. The highest BCUT2D eigenvalue weighted by atomic mass is 16.3. The van der Waals surface area contributed by atoms with E-state index in [1.807, 2.05) is 42.5 Å². The summed E-state index contributed by atoms with van der Waals surface area (Å²) in [6, 6.07) is 20.2. The van der Waals surface area contributed by atoms with Gasteiger partial charge in [-0.1, -0.05) is 54.5 Å². The van der Waals surface area contributed by atoms with Gasteiger partial charge in [0.1, 0.15) is 18.0 Å². The van der Waals surface area contributed by atoms with Gasteiger partial charge in [0, 0.05) is 19.2 Å². The van der Waals surface area contributed by atoms with Crippen molar-refractivity contribution in [3.05, 3.63) is 95.8 Å². The first-order valence-corrected chi connectivity index (χ1v) is 13.0. The molecule has 2 aliphatic heterocycles. The molecule has 2 fully saturated rings. The Morgan fingerprint density at radius 1 is 1.02 bits per heavy atom. The normalized spacial score (nSPS) is 19.2. The van der Waals surface area contributed by atoms with Crippen molar-refractivity contribution < 1.29 is 19.5 Å².